The van der Waals surface area contributed by atoms with E-state index in [4.69, 9.17) is 29.4 Å². The molecule has 0 aromatic heterocycles. The van der Waals surface area contributed by atoms with Crippen molar-refractivity contribution in [3.63, 3.8) is 0 Å². The second-order valence-corrected chi connectivity index (χ2v) is 11.8. The van der Waals surface area contributed by atoms with Crippen LogP contribution in [-0.2, 0) is 35.0 Å². The number of rotatable bonds is 16. The van der Waals surface area contributed by atoms with Crippen molar-refractivity contribution in [3.05, 3.63) is 23.8 Å². The fourth-order valence-corrected chi connectivity index (χ4v) is 3.28. The van der Waals surface area contributed by atoms with E-state index in [0.29, 0.717) is 36.7 Å². The number of benzene rings is 1. The molecular formula is C31H49NO9. The predicted molar refractivity (Wildman–Crippen MR) is 154 cm³/mol. The van der Waals surface area contributed by atoms with Crippen molar-refractivity contribution < 1.29 is 42.9 Å². The minimum absolute atomic E-state index is 0.0612. The lowest BCUT2D eigenvalue weighted by atomic mass is 10.1. The van der Waals surface area contributed by atoms with Crippen LogP contribution in [0.3, 0.4) is 0 Å². The van der Waals surface area contributed by atoms with Crippen molar-refractivity contribution in [2.24, 2.45) is 17.6 Å². The molecule has 2 N–H and O–H groups in total. The summed E-state index contributed by atoms with van der Waals surface area (Å²) in [6, 6.07) is 3.64. The van der Waals surface area contributed by atoms with Crippen LogP contribution in [0.5, 0.6) is 11.5 Å². The summed E-state index contributed by atoms with van der Waals surface area (Å²) in [5.74, 6) is -0.737. The van der Waals surface area contributed by atoms with E-state index in [9.17, 15) is 19.2 Å². The summed E-state index contributed by atoms with van der Waals surface area (Å²) in [5.41, 5.74) is 6.02. The van der Waals surface area contributed by atoms with Gasteiger partial charge >= 0.3 is 24.1 Å². The van der Waals surface area contributed by atoms with Crippen LogP contribution in [0.2, 0.25) is 0 Å². The molecule has 0 spiro atoms. The van der Waals surface area contributed by atoms with Crippen LogP contribution in [0, 0.1) is 11.8 Å². The molecule has 0 radical (unpaired) electrons. The smallest absolute Gasteiger partial charge is 0.458 e. The Morgan fingerprint density at radius 3 is 1.83 bits per heavy atom. The number of carbonyl (C=O) groups excluding carboxylic acids is 4. The van der Waals surface area contributed by atoms with Crippen molar-refractivity contribution in [1.29, 1.82) is 0 Å². The van der Waals surface area contributed by atoms with E-state index in [0.717, 1.165) is 0 Å². The second kappa shape index (κ2) is 17.0. The largest absolute Gasteiger partial charge is 0.509 e. The molecule has 41 heavy (non-hydrogen) atoms. The lowest BCUT2D eigenvalue weighted by molar-refractivity contribution is -0.156. The van der Waals surface area contributed by atoms with Crippen LogP contribution in [0.15, 0.2) is 18.2 Å². The number of hydrogen-bond donors (Lipinski definition) is 1. The van der Waals surface area contributed by atoms with E-state index in [2.05, 4.69) is 0 Å². The Labute approximate surface area is 244 Å². The first-order valence-electron chi connectivity index (χ1n) is 14.4. The highest BCUT2D eigenvalue weighted by Crippen LogP contribution is 2.30. The maximum Gasteiger partial charge on any atom is 0.509 e. The Hall–Kier alpha value is -3.14. The summed E-state index contributed by atoms with van der Waals surface area (Å²) in [4.78, 5) is 49.6. The number of carbonyl (C=O) groups is 4. The van der Waals surface area contributed by atoms with Crippen molar-refractivity contribution in [2.75, 3.05) is 0 Å². The third-order valence-electron chi connectivity index (χ3n) is 6.52. The zero-order valence-corrected chi connectivity index (χ0v) is 26.1. The van der Waals surface area contributed by atoms with Crippen molar-refractivity contribution in [3.8, 4) is 11.5 Å². The Balaban J connectivity index is 2.90. The zero-order valence-electron chi connectivity index (χ0n) is 26.1. The lowest BCUT2D eigenvalue weighted by Crippen LogP contribution is -2.40. The van der Waals surface area contributed by atoms with Crippen molar-refractivity contribution in [2.45, 2.75) is 125 Å². The van der Waals surface area contributed by atoms with Gasteiger partial charge in [-0.05, 0) is 82.9 Å². The van der Waals surface area contributed by atoms with E-state index in [-0.39, 0.29) is 30.8 Å². The van der Waals surface area contributed by atoms with Crippen LogP contribution in [0.1, 0.15) is 100.0 Å². The van der Waals surface area contributed by atoms with Gasteiger partial charge in [0.25, 0.3) is 0 Å². The van der Waals surface area contributed by atoms with Crippen LogP contribution < -0.4 is 15.2 Å². The third-order valence-corrected chi connectivity index (χ3v) is 6.52. The molecule has 0 aliphatic heterocycles. The van der Waals surface area contributed by atoms with Gasteiger partial charge in [-0.3, -0.25) is 14.4 Å². The van der Waals surface area contributed by atoms with Gasteiger partial charge < -0.3 is 29.4 Å². The molecule has 1 aromatic carbocycles. The highest BCUT2D eigenvalue weighted by Gasteiger charge is 2.28. The number of esters is 3. The van der Waals surface area contributed by atoms with E-state index in [1.165, 1.54) is 12.1 Å². The minimum atomic E-state index is -1.06. The zero-order chi connectivity index (χ0) is 31.3. The molecule has 1 aromatic rings. The molecule has 10 nitrogen and oxygen atoms in total. The van der Waals surface area contributed by atoms with E-state index in [1.54, 1.807) is 33.8 Å². The van der Waals surface area contributed by atoms with Gasteiger partial charge in [0.05, 0.1) is 0 Å². The molecule has 1 unspecified atom stereocenters. The van der Waals surface area contributed by atoms with Gasteiger partial charge in [-0.2, -0.15) is 0 Å². The van der Waals surface area contributed by atoms with Gasteiger partial charge in [0, 0.05) is 12.8 Å². The second-order valence-electron chi connectivity index (χ2n) is 11.8. The Bertz CT molecular complexity index is 1020. The van der Waals surface area contributed by atoms with Crippen molar-refractivity contribution in [1.82, 2.24) is 0 Å². The monoisotopic (exact) mass is 579 g/mol. The van der Waals surface area contributed by atoms with E-state index in [1.807, 2.05) is 34.6 Å². The molecule has 0 saturated carbocycles. The summed E-state index contributed by atoms with van der Waals surface area (Å²) in [6.45, 7) is 16.6. The molecule has 0 saturated heterocycles. The number of hydrogen-bond acceptors (Lipinski definition) is 10. The first kappa shape index (κ1) is 35.9. The van der Waals surface area contributed by atoms with Crippen LogP contribution >= 0.6 is 0 Å². The lowest BCUT2D eigenvalue weighted by Gasteiger charge is -2.26. The Morgan fingerprint density at radius 2 is 1.32 bits per heavy atom. The molecule has 1 rings (SSSR count). The summed E-state index contributed by atoms with van der Waals surface area (Å²) in [5, 5.41) is 0. The van der Waals surface area contributed by atoms with Gasteiger partial charge in [-0.25, -0.2) is 4.79 Å². The fraction of sp³-hybridized carbons (Fsp3) is 0.677. The molecule has 232 valence electrons. The summed E-state index contributed by atoms with van der Waals surface area (Å²) < 4.78 is 27.0. The summed E-state index contributed by atoms with van der Waals surface area (Å²) >= 11 is 0. The van der Waals surface area contributed by atoms with Gasteiger partial charge in [0.1, 0.15) is 23.9 Å². The van der Waals surface area contributed by atoms with Crippen LogP contribution in [0.25, 0.3) is 0 Å². The molecule has 0 bridgehead atoms. The molecule has 3 atom stereocenters. The van der Waals surface area contributed by atoms with Crippen LogP contribution in [0.4, 0.5) is 4.79 Å². The maximum absolute atomic E-state index is 12.7. The number of ether oxygens (including phenoxy) is 5. The quantitative estimate of drug-likeness (QED) is 0.186. The fourth-order valence-electron chi connectivity index (χ4n) is 3.28. The Kier molecular flexibility index (Phi) is 14.8. The average Bonchev–Trinajstić information content (AvgIpc) is 2.87. The first-order valence-corrected chi connectivity index (χ1v) is 14.4. The summed E-state index contributed by atoms with van der Waals surface area (Å²) in [7, 11) is 0. The van der Waals surface area contributed by atoms with Gasteiger partial charge in [0.15, 0.2) is 11.5 Å². The SMILES string of the molecule is CCC(C)(C)OC(=O)OC(C)[C@H](C)OC(=O)[C@@H](N)Cc1ccc(OC(=O)CCC(C)C)c(OC(=O)CCC(C)C)c1. The first-order chi connectivity index (χ1) is 19.0. The highest BCUT2D eigenvalue weighted by molar-refractivity contribution is 5.77. The maximum atomic E-state index is 12.7. The third kappa shape index (κ3) is 14.4. The normalized spacial score (nSPS) is 13.8. The number of nitrogens with two attached hydrogens (primary N) is 1. The molecule has 0 amide bonds. The van der Waals surface area contributed by atoms with E-state index >= 15 is 0 Å². The van der Waals surface area contributed by atoms with Crippen molar-refractivity contribution >= 4 is 24.1 Å². The standard InChI is InChI=1S/C31H49NO9/c1-10-31(8,9)41-30(36)38-22(7)21(6)37-29(35)24(32)17-23-13-14-25(39-27(33)15-11-19(2)3)26(18-23)40-28(34)16-12-20(4)5/h13-14,18-22,24H,10-12,15-17,32H2,1-9H3/t21-,22?,24-/m0/s1. The minimum Gasteiger partial charge on any atom is -0.458 e. The molecule has 0 aliphatic rings. The topological polar surface area (TPSA) is 140 Å². The predicted octanol–water partition coefficient (Wildman–Crippen LogP) is 5.90. The van der Waals surface area contributed by atoms with Gasteiger partial charge in [-0.15, -0.1) is 0 Å². The Morgan fingerprint density at radius 1 is 0.805 bits per heavy atom. The molecule has 10 heteroatoms. The highest BCUT2D eigenvalue weighted by atomic mass is 16.7. The van der Waals surface area contributed by atoms with Gasteiger partial charge in [0.2, 0.25) is 0 Å². The van der Waals surface area contributed by atoms with Gasteiger partial charge in [-0.1, -0.05) is 40.7 Å². The average molecular weight is 580 g/mol. The molecule has 0 heterocycles. The van der Waals surface area contributed by atoms with Crippen LogP contribution in [-0.4, -0.2) is 47.9 Å². The molecule has 0 fully saturated rings. The molecular weight excluding hydrogens is 530 g/mol. The van der Waals surface area contributed by atoms with E-state index < -0.39 is 47.9 Å². The summed E-state index contributed by atoms with van der Waals surface area (Å²) in [6.07, 6.45) is 0.00849. The molecule has 0 aliphatic carbocycles.